The molecule has 1 aromatic heterocycles. The molecule has 1 N–H and O–H groups in total. The second-order valence-corrected chi connectivity index (χ2v) is 3.33. The smallest absolute Gasteiger partial charge is 0.337 e. The maximum atomic E-state index is 11.0. The van der Waals surface area contributed by atoms with Crippen LogP contribution >= 0.6 is 0 Å². The summed E-state index contributed by atoms with van der Waals surface area (Å²) in [6.45, 7) is 1.95. The number of nitrogens with zero attached hydrogens (tertiary/aromatic N) is 1. The van der Waals surface area contributed by atoms with E-state index >= 15 is 0 Å². The predicted molar refractivity (Wildman–Crippen MR) is 58.1 cm³/mol. The number of hydrogen-bond acceptors (Lipinski definition) is 2. The van der Waals surface area contributed by atoms with Crippen LogP contribution in [0.5, 0.6) is 0 Å². The molecule has 1 heterocycles. The Kier molecular flexibility index (Phi) is 2.37. The highest BCUT2D eigenvalue weighted by Gasteiger charge is 2.12. The molecular formula is C12H11NO2. The van der Waals surface area contributed by atoms with E-state index in [2.05, 4.69) is 4.98 Å². The minimum atomic E-state index is -0.912. The van der Waals surface area contributed by atoms with E-state index in [0.717, 1.165) is 16.5 Å². The molecule has 0 bridgehead atoms. The van der Waals surface area contributed by atoms with Crippen LogP contribution < -0.4 is 0 Å². The Morgan fingerprint density at radius 3 is 2.80 bits per heavy atom. The van der Waals surface area contributed by atoms with E-state index in [1.807, 2.05) is 31.2 Å². The second kappa shape index (κ2) is 3.69. The summed E-state index contributed by atoms with van der Waals surface area (Å²) in [4.78, 5) is 15.1. The number of carboxylic acids is 1. The normalized spacial score (nSPS) is 10.5. The van der Waals surface area contributed by atoms with Gasteiger partial charge in [-0.3, -0.25) is 4.98 Å². The van der Waals surface area contributed by atoms with Crippen molar-refractivity contribution in [2.24, 2.45) is 0 Å². The first kappa shape index (κ1) is 9.65. The monoisotopic (exact) mass is 201 g/mol. The van der Waals surface area contributed by atoms with Gasteiger partial charge in [0.2, 0.25) is 0 Å². The fourth-order valence-electron chi connectivity index (χ4n) is 1.76. The number of carboxylic acid groups (broad SMARTS) is 1. The largest absolute Gasteiger partial charge is 0.478 e. The first-order chi connectivity index (χ1) is 7.24. The van der Waals surface area contributed by atoms with Crippen LogP contribution in [0.2, 0.25) is 0 Å². The van der Waals surface area contributed by atoms with Gasteiger partial charge >= 0.3 is 5.97 Å². The van der Waals surface area contributed by atoms with E-state index in [1.54, 1.807) is 0 Å². The van der Waals surface area contributed by atoms with Crippen molar-refractivity contribution in [3.8, 4) is 0 Å². The Balaban J connectivity index is 2.81. The first-order valence-corrected chi connectivity index (χ1v) is 4.84. The Labute approximate surface area is 87.4 Å². The van der Waals surface area contributed by atoms with Crippen LogP contribution in [0.3, 0.4) is 0 Å². The zero-order valence-corrected chi connectivity index (χ0v) is 8.40. The molecule has 0 aliphatic carbocycles. The van der Waals surface area contributed by atoms with Crippen molar-refractivity contribution >= 4 is 16.9 Å². The number of pyridine rings is 1. The molecule has 0 aliphatic rings. The van der Waals surface area contributed by atoms with Crippen LogP contribution in [0.4, 0.5) is 0 Å². The molecule has 1 aromatic carbocycles. The summed E-state index contributed by atoms with van der Waals surface area (Å²) in [5.41, 5.74) is 2.00. The van der Waals surface area contributed by atoms with Crippen LogP contribution in [0.15, 0.2) is 30.5 Å². The number of aromatic carboxylic acids is 1. The Morgan fingerprint density at radius 1 is 1.40 bits per heavy atom. The van der Waals surface area contributed by atoms with Gasteiger partial charge in [-0.05, 0) is 18.1 Å². The molecule has 2 aromatic rings. The average molecular weight is 201 g/mol. The van der Waals surface area contributed by atoms with Crippen LogP contribution in [0.1, 0.15) is 22.8 Å². The number of para-hydroxylation sites is 1. The summed E-state index contributed by atoms with van der Waals surface area (Å²) in [6.07, 6.45) is 2.13. The lowest BCUT2D eigenvalue weighted by Gasteiger charge is -2.06. The van der Waals surface area contributed by atoms with Gasteiger partial charge in [0.05, 0.1) is 11.1 Å². The Hall–Kier alpha value is -1.90. The number of aryl methyl sites for hydroxylation is 1. The number of carbonyl (C=O) groups is 1. The second-order valence-electron chi connectivity index (χ2n) is 3.33. The van der Waals surface area contributed by atoms with Crippen LogP contribution in [0.25, 0.3) is 10.9 Å². The topological polar surface area (TPSA) is 50.2 Å². The van der Waals surface area contributed by atoms with Crippen molar-refractivity contribution < 1.29 is 9.90 Å². The molecular weight excluding hydrogens is 190 g/mol. The minimum absolute atomic E-state index is 0.302. The standard InChI is InChI=1S/C12H11NO2/c1-2-8-9-5-3-4-6-11(9)13-7-10(8)12(14)15/h3-7H,2H2,1H3,(H,14,15). The molecule has 0 spiro atoms. The number of benzene rings is 1. The van der Waals surface area contributed by atoms with Crippen molar-refractivity contribution in [3.05, 3.63) is 41.6 Å². The lowest BCUT2D eigenvalue weighted by Crippen LogP contribution is -2.03. The van der Waals surface area contributed by atoms with Crippen molar-refractivity contribution in [2.45, 2.75) is 13.3 Å². The molecule has 0 amide bonds. The van der Waals surface area contributed by atoms with Gasteiger partial charge in [-0.2, -0.15) is 0 Å². The van der Waals surface area contributed by atoms with Crippen molar-refractivity contribution in [1.82, 2.24) is 4.98 Å². The highest BCUT2D eigenvalue weighted by molar-refractivity contribution is 5.95. The third-order valence-corrected chi connectivity index (χ3v) is 2.47. The highest BCUT2D eigenvalue weighted by Crippen LogP contribution is 2.20. The van der Waals surface area contributed by atoms with Gasteiger partial charge in [0.15, 0.2) is 0 Å². The quantitative estimate of drug-likeness (QED) is 0.812. The number of hydrogen-bond donors (Lipinski definition) is 1. The molecule has 0 saturated carbocycles. The Morgan fingerprint density at radius 2 is 2.13 bits per heavy atom. The van der Waals surface area contributed by atoms with Gasteiger partial charge in [0, 0.05) is 11.6 Å². The van der Waals surface area contributed by atoms with Gasteiger partial charge in [-0.1, -0.05) is 25.1 Å². The van der Waals surface area contributed by atoms with E-state index < -0.39 is 5.97 Å². The summed E-state index contributed by atoms with van der Waals surface area (Å²) in [7, 11) is 0. The zero-order chi connectivity index (χ0) is 10.8. The molecule has 76 valence electrons. The average Bonchev–Trinajstić information content (AvgIpc) is 2.27. The fourth-order valence-corrected chi connectivity index (χ4v) is 1.76. The molecule has 0 unspecified atom stereocenters. The van der Waals surface area contributed by atoms with Gasteiger partial charge in [-0.15, -0.1) is 0 Å². The van der Waals surface area contributed by atoms with Crippen molar-refractivity contribution in [1.29, 1.82) is 0 Å². The third kappa shape index (κ3) is 1.56. The van der Waals surface area contributed by atoms with E-state index in [9.17, 15) is 4.79 Å². The fraction of sp³-hybridized carbons (Fsp3) is 0.167. The predicted octanol–water partition coefficient (Wildman–Crippen LogP) is 2.50. The molecule has 15 heavy (non-hydrogen) atoms. The third-order valence-electron chi connectivity index (χ3n) is 2.47. The van der Waals surface area contributed by atoms with E-state index in [4.69, 9.17) is 5.11 Å². The summed E-state index contributed by atoms with van der Waals surface area (Å²) in [5, 5.41) is 9.95. The van der Waals surface area contributed by atoms with Gasteiger partial charge in [-0.25, -0.2) is 4.79 Å². The van der Waals surface area contributed by atoms with Crippen molar-refractivity contribution in [3.63, 3.8) is 0 Å². The van der Waals surface area contributed by atoms with E-state index in [1.165, 1.54) is 6.20 Å². The molecule has 3 nitrogen and oxygen atoms in total. The summed E-state index contributed by atoms with van der Waals surface area (Å²) in [6, 6.07) is 7.59. The van der Waals surface area contributed by atoms with Crippen LogP contribution in [-0.4, -0.2) is 16.1 Å². The molecule has 3 heteroatoms. The van der Waals surface area contributed by atoms with Gasteiger partial charge in [0.1, 0.15) is 0 Å². The first-order valence-electron chi connectivity index (χ1n) is 4.84. The number of rotatable bonds is 2. The summed E-state index contributed by atoms with van der Waals surface area (Å²) >= 11 is 0. The lowest BCUT2D eigenvalue weighted by atomic mass is 10.0. The SMILES string of the molecule is CCc1c(C(=O)O)cnc2ccccc12. The maximum Gasteiger partial charge on any atom is 0.337 e. The van der Waals surface area contributed by atoms with E-state index in [-0.39, 0.29) is 0 Å². The zero-order valence-electron chi connectivity index (χ0n) is 8.40. The van der Waals surface area contributed by atoms with Gasteiger partial charge in [0.25, 0.3) is 0 Å². The highest BCUT2D eigenvalue weighted by atomic mass is 16.4. The number of fused-ring (bicyclic) bond motifs is 1. The molecule has 0 fully saturated rings. The minimum Gasteiger partial charge on any atom is -0.478 e. The lowest BCUT2D eigenvalue weighted by molar-refractivity contribution is 0.0695. The maximum absolute atomic E-state index is 11.0. The number of aromatic nitrogens is 1. The van der Waals surface area contributed by atoms with Crippen LogP contribution in [-0.2, 0) is 6.42 Å². The molecule has 0 aliphatic heterocycles. The van der Waals surface area contributed by atoms with Gasteiger partial charge < -0.3 is 5.11 Å². The molecule has 2 rings (SSSR count). The van der Waals surface area contributed by atoms with Crippen molar-refractivity contribution in [2.75, 3.05) is 0 Å². The molecule has 0 saturated heterocycles. The Bertz CT molecular complexity index is 520. The van der Waals surface area contributed by atoms with Crippen LogP contribution in [0, 0.1) is 0 Å². The molecule has 0 atom stereocenters. The molecule has 0 radical (unpaired) electrons. The van der Waals surface area contributed by atoms with E-state index in [0.29, 0.717) is 12.0 Å². The summed E-state index contributed by atoms with van der Waals surface area (Å²) in [5.74, 6) is -0.912. The summed E-state index contributed by atoms with van der Waals surface area (Å²) < 4.78 is 0.